The number of fused-ring (bicyclic) bond motifs is 11. The quantitative estimate of drug-likeness (QED) is 0.188. The first kappa shape index (κ1) is 29.1. The van der Waals surface area contributed by atoms with Gasteiger partial charge in [-0.15, -0.1) is 0 Å². The molecule has 2 unspecified atom stereocenters. The van der Waals surface area contributed by atoms with Crippen molar-refractivity contribution in [3.05, 3.63) is 221 Å². The van der Waals surface area contributed by atoms with Gasteiger partial charge in [0.2, 0.25) is 0 Å². The lowest BCUT2D eigenvalue weighted by Gasteiger charge is -2.45. The fraction of sp³-hybridized carbons (Fsp3) is 0.0408. The molecule has 3 heteroatoms. The molecule has 244 valence electrons. The molecule has 1 aromatic heterocycles. The van der Waals surface area contributed by atoms with Gasteiger partial charge in [0.15, 0.2) is 0 Å². The highest BCUT2D eigenvalue weighted by atomic mass is 16.5. The van der Waals surface area contributed by atoms with Gasteiger partial charge < -0.3 is 9.47 Å². The van der Waals surface area contributed by atoms with Gasteiger partial charge in [-0.3, -0.25) is 4.98 Å². The molecule has 0 fully saturated rings. The van der Waals surface area contributed by atoms with E-state index in [-0.39, 0.29) is 5.92 Å². The highest BCUT2D eigenvalue weighted by Crippen LogP contribution is 2.62. The predicted molar refractivity (Wildman–Crippen MR) is 206 cm³/mol. The molecular weight excluding hydrogens is 635 g/mol. The molecule has 0 bridgehead atoms. The van der Waals surface area contributed by atoms with Crippen molar-refractivity contribution in [3.8, 4) is 56.4 Å². The van der Waals surface area contributed by atoms with Crippen LogP contribution in [0.1, 0.15) is 44.9 Å². The van der Waals surface area contributed by atoms with Crippen LogP contribution in [0.5, 0.6) is 23.0 Å². The van der Waals surface area contributed by atoms with Crippen LogP contribution in [-0.4, -0.2) is 4.98 Å². The molecule has 0 saturated heterocycles. The number of aromatic nitrogens is 1. The van der Waals surface area contributed by atoms with E-state index in [2.05, 4.69) is 175 Å². The van der Waals surface area contributed by atoms with E-state index in [4.69, 9.17) is 9.47 Å². The summed E-state index contributed by atoms with van der Waals surface area (Å²) in [5.74, 6) is 3.49. The second-order valence-corrected chi connectivity index (χ2v) is 13.8. The average Bonchev–Trinajstić information content (AvgIpc) is 3.55. The summed E-state index contributed by atoms with van der Waals surface area (Å²) in [6.07, 6.45) is 3.90. The first-order valence-electron chi connectivity index (χ1n) is 17.8. The van der Waals surface area contributed by atoms with Crippen LogP contribution >= 0.6 is 0 Å². The Bertz CT molecular complexity index is 2660. The second-order valence-electron chi connectivity index (χ2n) is 13.8. The fourth-order valence-electron chi connectivity index (χ4n) is 8.96. The molecule has 1 aliphatic carbocycles. The van der Waals surface area contributed by atoms with Crippen LogP contribution in [0.4, 0.5) is 0 Å². The summed E-state index contributed by atoms with van der Waals surface area (Å²) in [4.78, 5) is 4.49. The van der Waals surface area contributed by atoms with Crippen molar-refractivity contribution in [2.75, 3.05) is 0 Å². The van der Waals surface area contributed by atoms with E-state index in [0.29, 0.717) is 0 Å². The molecule has 0 amide bonds. The Morgan fingerprint density at radius 1 is 0.404 bits per heavy atom. The molecule has 0 N–H and O–H groups in total. The molecule has 2 aliphatic heterocycles. The Labute approximate surface area is 302 Å². The lowest BCUT2D eigenvalue weighted by Crippen LogP contribution is -2.36. The summed E-state index contributed by atoms with van der Waals surface area (Å²) in [6, 6.07) is 60.7. The highest BCUT2D eigenvalue weighted by molar-refractivity contribution is 5.82. The lowest BCUT2D eigenvalue weighted by atomic mass is 9.62. The summed E-state index contributed by atoms with van der Waals surface area (Å²) in [7, 11) is 0. The van der Waals surface area contributed by atoms with Crippen molar-refractivity contribution in [1.29, 1.82) is 0 Å². The molecule has 1 spiro atoms. The number of benzene rings is 7. The first-order valence-corrected chi connectivity index (χ1v) is 17.8. The second kappa shape index (κ2) is 11.1. The molecule has 11 rings (SSSR count). The molecule has 7 aromatic carbocycles. The molecule has 3 heterocycles. The minimum absolute atomic E-state index is 0.0830. The number of rotatable bonds is 3. The molecule has 0 saturated carbocycles. The Balaban J connectivity index is 1.12. The Kier molecular flexibility index (Phi) is 6.23. The smallest absolute Gasteiger partial charge is 0.132 e. The van der Waals surface area contributed by atoms with Crippen LogP contribution in [0.3, 0.4) is 0 Å². The normalized spacial score (nSPS) is 17.0. The zero-order valence-electron chi connectivity index (χ0n) is 28.2. The number of nitrogens with zero attached hydrogens (tertiary/aromatic N) is 1. The summed E-state index contributed by atoms with van der Waals surface area (Å²) in [6.45, 7) is 0. The van der Waals surface area contributed by atoms with Gasteiger partial charge in [0.25, 0.3) is 0 Å². The molecule has 0 radical (unpaired) electrons. The SMILES string of the molecule is c1ccc(-c2cccc(-c3ccc4c(c3)Oc3ccccc3C43c4ccccc4Oc4cc(C5c6ccccc6-c6cnccc65)ccc43)c2)cc1. The van der Waals surface area contributed by atoms with Gasteiger partial charge in [0, 0.05) is 46.1 Å². The van der Waals surface area contributed by atoms with Crippen LogP contribution < -0.4 is 9.47 Å². The van der Waals surface area contributed by atoms with Crippen molar-refractivity contribution >= 4 is 0 Å². The molecule has 3 nitrogen and oxygen atoms in total. The first-order chi connectivity index (χ1) is 25.8. The van der Waals surface area contributed by atoms with Gasteiger partial charge in [-0.25, -0.2) is 0 Å². The Hall–Kier alpha value is -6.71. The summed E-state index contributed by atoms with van der Waals surface area (Å²) >= 11 is 0. The Morgan fingerprint density at radius 2 is 0.981 bits per heavy atom. The monoisotopic (exact) mass is 665 g/mol. The summed E-state index contributed by atoms with van der Waals surface area (Å²) < 4.78 is 13.8. The topological polar surface area (TPSA) is 31.4 Å². The number of pyridine rings is 1. The van der Waals surface area contributed by atoms with Crippen molar-refractivity contribution in [3.63, 3.8) is 0 Å². The van der Waals surface area contributed by atoms with Crippen LogP contribution in [0.2, 0.25) is 0 Å². The van der Waals surface area contributed by atoms with E-state index in [1.807, 2.05) is 12.4 Å². The van der Waals surface area contributed by atoms with Crippen LogP contribution in [-0.2, 0) is 5.41 Å². The highest BCUT2D eigenvalue weighted by Gasteiger charge is 2.50. The van der Waals surface area contributed by atoms with Crippen molar-refractivity contribution in [2.45, 2.75) is 11.3 Å². The third kappa shape index (κ3) is 4.11. The van der Waals surface area contributed by atoms with Gasteiger partial charge in [-0.05, 0) is 80.9 Å². The standard InChI is InChI=1S/C49H31NO2/c1-2-11-31(12-3-1)32-13-10-14-33(27-32)34-21-23-42-46(28-34)51-44-19-8-6-17-40(44)49(42)41-18-7-9-20-45(41)52-47-29-35(22-24-43(47)49)48-37-16-5-4-15-36(37)39-30-50-26-25-38(39)48/h1-30,48H. The maximum absolute atomic E-state index is 6.91. The van der Waals surface area contributed by atoms with Crippen molar-refractivity contribution in [2.24, 2.45) is 0 Å². The molecule has 3 aliphatic rings. The summed E-state index contributed by atoms with van der Waals surface area (Å²) in [5.41, 5.74) is 14.6. The third-order valence-corrected chi connectivity index (χ3v) is 11.2. The third-order valence-electron chi connectivity index (χ3n) is 11.2. The maximum atomic E-state index is 6.91. The molecule has 52 heavy (non-hydrogen) atoms. The van der Waals surface area contributed by atoms with E-state index >= 15 is 0 Å². The largest absolute Gasteiger partial charge is 0.457 e. The molecule has 2 atom stereocenters. The predicted octanol–water partition coefficient (Wildman–Crippen LogP) is 12.2. The number of ether oxygens (including phenoxy) is 2. The number of hydrogen-bond acceptors (Lipinski definition) is 3. The van der Waals surface area contributed by atoms with Crippen LogP contribution in [0, 0.1) is 0 Å². The van der Waals surface area contributed by atoms with Crippen LogP contribution in [0.25, 0.3) is 33.4 Å². The van der Waals surface area contributed by atoms with Crippen LogP contribution in [0.15, 0.2) is 182 Å². The zero-order chi connectivity index (χ0) is 34.2. The minimum Gasteiger partial charge on any atom is -0.457 e. The van der Waals surface area contributed by atoms with E-state index in [9.17, 15) is 0 Å². The number of hydrogen-bond donors (Lipinski definition) is 0. The van der Waals surface area contributed by atoms with Gasteiger partial charge >= 0.3 is 0 Å². The van der Waals surface area contributed by atoms with Crippen molar-refractivity contribution < 1.29 is 9.47 Å². The molecular formula is C49H31NO2. The van der Waals surface area contributed by atoms with E-state index in [0.717, 1.165) is 56.4 Å². The lowest BCUT2D eigenvalue weighted by molar-refractivity contribution is 0.399. The Morgan fingerprint density at radius 3 is 1.77 bits per heavy atom. The maximum Gasteiger partial charge on any atom is 0.132 e. The molecule has 8 aromatic rings. The summed E-state index contributed by atoms with van der Waals surface area (Å²) in [5, 5.41) is 0. The van der Waals surface area contributed by atoms with Crippen molar-refractivity contribution in [1.82, 2.24) is 4.98 Å². The van der Waals surface area contributed by atoms with E-state index in [1.54, 1.807) is 0 Å². The fourth-order valence-corrected chi connectivity index (χ4v) is 8.96. The van der Waals surface area contributed by atoms with Gasteiger partial charge in [-0.2, -0.15) is 0 Å². The average molecular weight is 666 g/mol. The van der Waals surface area contributed by atoms with Gasteiger partial charge in [0.05, 0.1) is 5.41 Å². The van der Waals surface area contributed by atoms with E-state index in [1.165, 1.54) is 38.9 Å². The zero-order valence-corrected chi connectivity index (χ0v) is 28.2. The van der Waals surface area contributed by atoms with Gasteiger partial charge in [-0.1, -0.05) is 133 Å². The minimum atomic E-state index is -0.660. The van der Waals surface area contributed by atoms with E-state index < -0.39 is 5.41 Å². The number of para-hydroxylation sites is 2. The van der Waals surface area contributed by atoms with Gasteiger partial charge in [0.1, 0.15) is 23.0 Å².